The Morgan fingerprint density at radius 1 is 1.62 bits per heavy atom. The molecule has 0 saturated carbocycles. The first-order valence-corrected chi connectivity index (χ1v) is 4.80. The number of halogens is 2. The largest absolute Gasteiger partial charge is 0.329 e. The molecule has 3 N–H and O–H groups in total. The summed E-state index contributed by atoms with van der Waals surface area (Å²) in [7, 11) is 1.76. The molecular formula is C9H12BrFN2. The van der Waals surface area contributed by atoms with Crippen LogP contribution in [0.4, 0.5) is 4.39 Å². The van der Waals surface area contributed by atoms with Crippen molar-refractivity contribution in [2.45, 2.75) is 6.04 Å². The fourth-order valence-corrected chi connectivity index (χ4v) is 1.52. The molecule has 0 bridgehead atoms. The van der Waals surface area contributed by atoms with E-state index in [-0.39, 0.29) is 11.9 Å². The van der Waals surface area contributed by atoms with Crippen molar-refractivity contribution in [1.29, 1.82) is 0 Å². The second kappa shape index (κ2) is 4.69. The van der Waals surface area contributed by atoms with Gasteiger partial charge in [0, 0.05) is 22.6 Å². The Kier molecular flexibility index (Phi) is 3.84. The van der Waals surface area contributed by atoms with Crippen LogP contribution in [0.1, 0.15) is 11.6 Å². The molecule has 0 fully saturated rings. The summed E-state index contributed by atoms with van der Waals surface area (Å²) in [6, 6.07) is 4.86. The second-order valence-electron chi connectivity index (χ2n) is 2.74. The van der Waals surface area contributed by atoms with Crippen LogP contribution in [0.5, 0.6) is 0 Å². The van der Waals surface area contributed by atoms with Crippen molar-refractivity contribution in [2.24, 2.45) is 5.73 Å². The third-order valence-electron chi connectivity index (χ3n) is 1.92. The first-order valence-electron chi connectivity index (χ1n) is 4.01. The van der Waals surface area contributed by atoms with Crippen molar-refractivity contribution in [1.82, 2.24) is 5.32 Å². The summed E-state index contributed by atoms with van der Waals surface area (Å²) in [5.41, 5.74) is 6.09. The Labute approximate surface area is 85.4 Å². The molecule has 0 aromatic heterocycles. The number of rotatable bonds is 3. The molecule has 0 saturated heterocycles. The number of hydrogen-bond donors (Lipinski definition) is 2. The summed E-state index contributed by atoms with van der Waals surface area (Å²) in [5, 5.41) is 2.95. The zero-order chi connectivity index (χ0) is 9.84. The maximum atomic E-state index is 13.3. The van der Waals surface area contributed by atoms with Gasteiger partial charge in [-0.25, -0.2) is 4.39 Å². The van der Waals surface area contributed by atoms with Crippen LogP contribution in [0.3, 0.4) is 0 Å². The van der Waals surface area contributed by atoms with E-state index in [0.29, 0.717) is 12.1 Å². The lowest BCUT2D eigenvalue weighted by Crippen LogP contribution is -2.25. The molecule has 0 aliphatic carbocycles. The number of benzene rings is 1. The van der Waals surface area contributed by atoms with E-state index in [1.165, 1.54) is 6.07 Å². The molecule has 2 nitrogen and oxygen atoms in total. The molecule has 72 valence electrons. The van der Waals surface area contributed by atoms with Crippen LogP contribution in [-0.4, -0.2) is 13.6 Å². The van der Waals surface area contributed by atoms with Crippen LogP contribution >= 0.6 is 15.9 Å². The van der Waals surface area contributed by atoms with Crippen LogP contribution in [-0.2, 0) is 0 Å². The minimum atomic E-state index is -0.237. The van der Waals surface area contributed by atoms with Crippen LogP contribution in [0.15, 0.2) is 22.7 Å². The lowest BCUT2D eigenvalue weighted by Gasteiger charge is -2.14. The normalized spacial score (nSPS) is 12.9. The predicted molar refractivity (Wildman–Crippen MR) is 55.0 cm³/mol. The highest BCUT2D eigenvalue weighted by Crippen LogP contribution is 2.20. The van der Waals surface area contributed by atoms with Crippen LogP contribution in [0.25, 0.3) is 0 Å². The van der Waals surface area contributed by atoms with E-state index in [1.807, 2.05) is 0 Å². The van der Waals surface area contributed by atoms with E-state index in [2.05, 4.69) is 21.2 Å². The fraction of sp³-hybridized carbons (Fsp3) is 0.333. The molecule has 0 aliphatic heterocycles. The van der Waals surface area contributed by atoms with Gasteiger partial charge in [0.2, 0.25) is 0 Å². The van der Waals surface area contributed by atoms with Gasteiger partial charge in [0.1, 0.15) is 5.82 Å². The molecule has 0 spiro atoms. The lowest BCUT2D eigenvalue weighted by atomic mass is 10.1. The van der Waals surface area contributed by atoms with Gasteiger partial charge in [0.25, 0.3) is 0 Å². The van der Waals surface area contributed by atoms with Gasteiger partial charge in [-0.05, 0) is 19.2 Å². The SMILES string of the molecule is CNC(CN)c1ccc(Br)cc1F. The van der Waals surface area contributed by atoms with E-state index in [9.17, 15) is 4.39 Å². The maximum absolute atomic E-state index is 13.3. The Bertz CT molecular complexity index is 287. The van der Waals surface area contributed by atoms with E-state index in [1.54, 1.807) is 19.2 Å². The number of hydrogen-bond acceptors (Lipinski definition) is 2. The average Bonchev–Trinajstić information content (AvgIpc) is 2.10. The van der Waals surface area contributed by atoms with Crippen molar-refractivity contribution in [2.75, 3.05) is 13.6 Å². The fourth-order valence-electron chi connectivity index (χ4n) is 1.18. The highest BCUT2D eigenvalue weighted by molar-refractivity contribution is 9.10. The number of nitrogens with two attached hydrogens (primary N) is 1. The standard InChI is InChI=1S/C9H12BrFN2/c1-13-9(5-12)7-3-2-6(10)4-8(7)11/h2-4,9,13H,5,12H2,1H3. The van der Waals surface area contributed by atoms with Gasteiger partial charge >= 0.3 is 0 Å². The molecule has 4 heteroatoms. The average molecular weight is 247 g/mol. The topological polar surface area (TPSA) is 38.0 Å². The Morgan fingerprint density at radius 2 is 2.31 bits per heavy atom. The predicted octanol–water partition coefficient (Wildman–Crippen LogP) is 1.81. The number of nitrogens with one attached hydrogen (secondary N) is 1. The summed E-state index contributed by atoms with van der Waals surface area (Å²) in [4.78, 5) is 0. The minimum absolute atomic E-state index is 0.118. The van der Waals surface area contributed by atoms with Gasteiger partial charge in [-0.1, -0.05) is 22.0 Å². The smallest absolute Gasteiger partial charge is 0.129 e. The Morgan fingerprint density at radius 3 is 2.77 bits per heavy atom. The zero-order valence-corrected chi connectivity index (χ0v) is 8.94. The van der Waals surface area contributed by atoms with Crippen LogP contribution in [0.2, 0.25) is 0 Å². The van der Waals surface area contributed by atoms with Gasteiger partial charge in [0.15, 0.2) is 0 Å². The summed E-state index contributed by atoms with van der Waals surface area (Å²) < 4.78 is 14.1. The highest BCUT2D eigenvalue weighted by Gasteiger charge is 2.11. The summed E-state index contributed by atoms with van der Waals surface area (Å²) in [6.07, 6.45) is 0. The second-order valence-corrected chi connectivity index (χ2v) is 3.66. The Hall–Kier alpha value is -0.450. The Balaban J connectivity index is 2.99. The first-order chi connectivity index (χ1) is 6.19. The van der Waals surface area contributed by atoms with Crippen LogP contribution < -0.4 is 11.1 Å². The molecule has 0 aliphatic rings. The first kappa shape index (κ1) is 10.6. The monoisotopic (exact) mass is 246 g/mol. The molecule has 1 atom stereocenters. The molecular weight excluding hydrogens is 235 g/mol. The lowest BCUT2D eigenvalue weighted by molar-refractivity contribution is 0.541. The molecule has 13 heavy (non-hydrogen) atoms. The molecule has 1 aromatic rings. The van der Waals surface area contributed by atoms with E-state index < -0.39 is 0 Å². The van der Waals surface area contributed by atoms with Crippen molar-refractivity contribution >= 4 is 15.9 Å². The van der Waals surface area contributed by atoms with E-state index in [0.717, 1.165) is 4.47 Å². The zero-order valence-electron chi connectivity index (χ0n) is 7.35. The third-order valence-corrected chi connectivity index (χ3v) is 2.42. The summed E-state index contributed by atoms with van der Waals surface area (Å²) >= 11 is 3.20. The van der Waals surface area contributed by atoms with Crippen molar-refractivity contribution in [3.63, 3.8) is 0 Å². The van der Waals surface area contributed by atoms with Gasteiger partial charge in [-0.15, -0.1) is 0 Å². The molecule has 1 rings (SSSR count). The van der Waals surface area contributed by atoms with Gasteiger partial charge < -0.3 is 11.1 Å². The van der Waals surface area contributed by atoms with Gasteiger partial charge in [-0.2, -0.15) is 0 Å². The maximum Gasteiger partial charge on any atom is 0.129 e. The van der Waals surface area contributed by atoms with Crippen molar-refractivity contribution < 1.29 is 4.39 Å². The van der Waals surface area contributed by atoms with Crippen molar-refractivity contribution in [3.05, 3.63) is 34.1 Å². The van der Waals surface area contributed by atoms with E-state index >= 15 is 0 Å². The van der Waals surface area contributed by atoms with Crippen LogP contribution in [0, 0.1) is 5.82 Å². The summed E-state index contributed by atoms with van der Waals surface area (Å²) in [6.45, 7) is 0.384. The quantitative estimate of drug-likeness (QED) is 0.854. The van der Waals surface area contributed by atoms with Crippen molar-refractivity contribution in [3.8, 4) is 0 Å². The molecule has 1 aromatic carbocycles. The molecule has 1 unspecified atom stereocenters. The minimum Gasteiger partial charge on any atom is -0.329 e. The third kappa shape index (κ3) is 2.49. The molecule has 0 heterocycles. The number of likely N-dealkylation sites (N-methyl/N-ethyl adjacent to an activating group) is 1. The van der Waals surface area contributed by atoms with Gasteiger partial charge in [0.05, 0.1) is 0 Å². The molecule has 0 radical (unpaired) electrons. The molecule has 0 amide bonds. The summed E-state index contributed by atoms with van der Waals surface area (Å²) in [5.74, 6) is -0.237. The highest BCUT2D eigenvalue weighted by atomic mass is 79.9. The van der Waals surface area contributed by atoms with E-state index in [4.69, 9.17) is 5.73 Å². The van der Waals surface area contributed by atoms with Gasteiger partial charge in [-0.3, -0.25) is 0 Å².